The Morgan fingerprint density at radius 2 is 1.97 bits per heavy atom. The molecular weight excluding hydrogens is 381 g/mol. The van der Waals surface area contributed by atoms with E-state index in [0.717, 1.165) is 38.2 Å². The van der Waals surface area contributed by atoms with E-state index in [2.05, 4.69) is 35.6 Å². The molecule has 0 unspecified atom stereocenters. The van der Waals surface area contributed by atoms with Crippen molar-refractivity contribution in [3.8, 4) is 0 Å². The van der Waals surface area contributed by atoms with Crippen molar-refractivity contribution >= 4 is 11.7 Å². The van der Waals surface area contributed by atoms with Gasteiger partial charge in [-0.05, 0) is 55.7 Å². The molecule has 0 radical (unpaired) electrons. The van der Waals surface area contributed by atoms with E-state index in [1.807, 2.05) is 7.05 Å². The van der Waals surface area contributed by atoms with Gasteiger partial charge in [0, 0.05) is 25.3 Å². The van der Waals surface area contributed by atoms with Crippen LogP contribution in [0.1, 0.15) is 45.6 Å². The summed E-state index contributed by atoms with van der Waals surface area (Å²) >= 11 is 0. The fraction of sp³-hybridized carbons (Fsp3) is 0.714. The van der Waals surface area contributed by atoms with Crippen molar-refractivity contribution in [1.82, 2.24) is 9.88 Å². The fourth-order valence-corrected chi connectivity index (χ4v) is 4.93. The molecule has 8 heteroatoms. The van der Waals surface area contributed by atoms with Crippen LogP contribution in [0.2, 0.25) is 0 Å². The number of aromatic nitrogens is 1. The molecule has 0 bridgehead atoms. The molecule has 1 saturated heterocycles. The molecule has 2 heterocycles. The minimum absolute atomic E-state index is 0.0160. The minimum Gasteiger partial charge on any atom is -0.368 e. The molecule has 2 N–H and O–H groups in total. The highest BCUT2D eigenvalue weighted by Gasteiger charge is 2.46. The summed E-state index contributed by atoms with van der Waals surface area (Å²) in [7, 11) is 1.98. The predicted molar refractivity (Wildman–Crippen MR) is 106 cm³/mol. The van der Waals surface area contributed by atoms with Crippen LogP contribution in [0.5, 0.6) is 0 Å². The molecule has 1 aliphatic heterocycles. The normalized spacial score (nSPS) is 26.1. The smallest absolute Gasteiger partial charge is 0.368 e. The SMILES string of the molecule is CN([C@@H](CC(C)(C)C)C(N)=O)[C@H]1CC[C@@H]2CN(c3ccc(C(F)(F)F)cn3)C[C@@H]21. The lowest BCUT2D eigenvalue weighted by Gasteiger charge is -2.37. The summed E-state index contributed by atoms with van der Waals surface area (Å²) in [6.07, 6.45) is -0.736. The molecule has 4 atom stereocenters. The Morgan fingerprint density at radius 1 is 1.28 bits per heavy atom. The van der Waals surface area contributed by atoms with E-state index in [9.17, 15) is 18.0 Å². The number of amides is 1. The Balaban J connectivity index is 1.71. The van der Waals surface area contributed by atoms with Gasteiger partial charge in [0.25, 0.3) is 0 Å². The summed E-state index contributed by atoms with van der Waals surface area (Å²) in [6.45, 7) is 7.82. The van der Waals surface area contributed by atoms with E-state index in [-0.39, 0.29) is 23.4 Å². The third-order valence-electron chi connectivity index (χ3n) is 6.37. The van der Waals surface area contributed by atoms with Gasteiger partial charge in [0.05, 0.1) is 11.6 Å². The number of likely N-dealkylation sites (N-methyl/N-ethyl adjacent to an activating group) is 1. The topological polar surface area (TPSA) is 62.5 Å². The van der Waals surface area contributed by atoms with Crippen LogP contribution in [0, 0.1) is 17.3 Å². The molecule has 3 rings (SSSR count). The molecule has 1 aromatic rings. The lowest BCUT2D eigenvalue weighted by molar-refractivity contribution is -0.137. The molecule has 1 aromatic heterocycles. The highest BCUT2D eigenvalue weighted by molar-refractivity contribution is 5.80. The van der Waals surface area contributed by atoms with Crippen LogP contribution < -0.4 is 10.6 Å². The number of anilines is 1. The first-order chi connectivity index (χ1) is 13.4. The molecule has 1 aliphatic carbocycles. The van der Waals surface area contributed by atoms with Crippen LogP contribution in [0.15, 0.2) is 18.3 Å². The monoisotopic (exact) mass is 412 g/mol. The zero-order valence-electron chi connectivity index (χ0n) is 17.5. The van der Waals surface area contributed by atoms with Crippen LogP contribution in [-0.4, -0.2) is 48.0 Å². The van der Waals surface area contributed by atoms with Crippen LogP contribution in [0.4, 0.5) is 19.0 Å². The van der Waals surface area contributed by atoms with Crippen LogP contribution >= 0.6 is 0 Å². The van der Waals surface area contributed by atoms with Crippen molar-refractivity contribution in [3.63, 3.8) is 0 Å². The summed E-state index contributed by atoms with van der Waals surface area (Å²) in [4.78, 5) is 20.4. The van der Waals surface area contributed by atoms with E-state index < -0.39 is 11.7 Å². The highest BCUT2D eigenvalue weighted by atomic mass is 19.4. The predicted octanol–water partition coefficient (Wildman–Crippen LogP) is 3.54. The summed E-state index contributed by atoms with van der Waals surface area (Å²) < 4.78 is 38.4. The quantitative estimate of drug-likeness (QED) is 0.804. The third kappa shape index (κ3) is 4.85. The molecule has 5 nitrogen and oxygen atoms in total. The third-order valence-corrected chi connectivity index (χ3v) is 6.37. The van der Waals surface area contributed by atoms with Crippen LogP contribution in [0.3, 0.4) is 0 Å². The number of primary amides is 1. The average Bonchev–Trinajstić information content (AvgIpc) is 3.18. The second-order valence-corrected chi connectivity index (χ2v) is 9.72. The molecule has 2 fully saturated rings. The molecule has 162 valence electrons. The summed E-state index contributed by atoms with van der Waals surface area (Å²) in [5.74, 6) is 1.08. The fourth-order valence-electron chi connectivity index (χ4n) is 4.93. The van der Waals surface area contributed by atoms with Gasteiger partial charge in [-0.15, -0.1) is 0 Å². The van der Waals surface area contributed by atoms with Gasteiger partial charge in [0.2, 0.25) is 5.91 Å². The number of hydrogen-bond acceptors (Lipinski definition) is 4. The van der Waals surface area contributed by atoms with Crippen LogP contribution in [-0.2, 0) is 11.0 Å². The first-order valence-corrected chi connectivity index (χ1v) is 10.2. The lowest BCUT2D eigenvalue weighted by Crippen LogP contribution is -2.51. The van der Waals surface area contributed by atoms with Crippen molar-refractivity contribution in [1.29, 1.82) is 0 Å². The van der Waals surface area contributed by atoms with Gasteiger partial charge in [-0.1, -0.05) is 20.8 Å². The number of carbonyl (C=O) groups excluding carboxylic acids is 1. The Bertz CT molecular complexity index is 729. The number of fused-ring (bicyclic) bond motifs is 1. The van der Waals surface area contributed by atoms with Crippen molar-refractivity contribution in [3.05, 3.63) is 23.9 Å². The van der Waals surface area contributed by atoms with Gasteiger partial charge in [-0.25, -0.2) is 4.98 Å². The standard InChI is InChI=1S/C21H31F3N4O/c1-20(2,3)9-17(19(25)29)27(4)16-7-5-13-11-28(12-15(13)16)18-8-6-14(10-26-18)21(22,23)24/h6,8,10,13,15-17H,5,7,9,11-12H2,1-4H3,(H2,25,29)/t13-,15+,16+,17+/m1/s1. The number of alkyl halides is 3. The van der Waals surface area contributed by atoms with Gasteiger partial charge < -0.3 is 10.6 Å². The molecular formula is C21H31F3N4O. The largest absolute Gasteiger partial charge is 0.417 e. The second-order valence-electron chi connectivity index (χ2n) is 9.72. The maximum Gasteiger partial charge on any atom is 0.417 e. The number of rotatable bonds is 5. The maximum absolute atomic E-state index is 12.8. The molecule has 0 spiro atoms. The second kappa shape index (κ2) is 7.78. The van der Waals surface area contributed by atoms with E-state index in [0.29, 0.717) is 24.1 Å². The van der Waals surface area contributed by atoms with Crippen molar-refractivity contribution in [2.24, 2.45) is 23.0 Å². The Kier molecular flexibility index (Phi) is 5.87. The first kappa shape index (κ1) is 21.9. The average molecular weight is 412 g/mol. The molecule has 29 heavy (non-hydrogen) atoms. The van der Waals surface area contributed by atoms with Gasteiger partial charge in [-0.3, -0.25) is 9.69 Å². The number of carbonyl (C=O) groups is 1. The van der Waals surface area contributed by atoms with E-state index in [4.69, 9.17) is 5.73 Å². The summed E-state index contributed by atoms with van der Waals surface area (Å²) in [5.41, 5.74) is 4.98. The van der Waals surface area contributed by atoms with Gasteiger partial charge >= 0.3 is 6.18 Å². The first-order valence-electron chi connectivity index (χ1n) is 10.2. The molecule has 0 aromatic carbocycles. The number of nitrogens with zero attached hydrogens (tertiary/aromatic N) is 3. The van der Waals surface area contributed by atoms with Gasteiger partial charge in [0.15, 0.2) is 0 Å². The van der Waals surface area contributed by atoms with Gasteiger partial charge in [-0.2, -0.15) is 13.2 Å². The van der Waals surface area contributed by atoms with E-state index in [1.165, 1.54) is 6.07 Å². The summed E-state index contributed by atoms with van der Waals surface area (Å²) in [5, 5.41) is 0. The molecule has 2 aliphatic rings. The number of hydrogen-bond donors (Lipinski definition) is 1. The van der Waals surface area contributed by atoms with E-state index in [1.54, 1.807) is 0 Å². The maximum atomic E-state index is 12.8. The lowest BCUT2D eigenvalue weighted by atomic mass is 9.86. The Hall–Kier alpha value is -1.83. The van der Waals surface area contributed by atoms with Crippen molar-refractivity contribution in [2.45, 2.75) is 58.3 Å². The molecule has 1 amide bonds. The highest BCUT2D eigenvalue weighted by Crippen LogP contribution is 2.43. The number of pyridine rings is 1. The zero-order chi connectivity index (χ0) is 21.6. The molecule has 1 saturated carbocycles. The zero-order valence-corrected chi connectivity index (χ0v) is 17.5. The van der Waals surface area contributed by atoms with Gasteiger partial charge in [0.1, 0.15) is 5.82 Å². The Labute approximate surface area is 170 Å². The van der Waals surface area contributed by atoms with Crippen LogP contribution in [0.25, 0.3) is 0 Å². The Morgan fingerprint density at radius 3 is 2.48 bits per heavy atom. The number of nitrogens with two attached hydrogens (primary N) is 1. The summed E-state index contributed by atoms with van der Waals surface area (Å²) in [6, 6.07) is 2.46. The minimum atomic E-state index is -4.38. The number of halogens is 3. The van der Waals surface area contributed by atoms with Crippen molar-refractivity contribution in [2.75, 3.05) is 25.0 Å². The van der Waals surface area contributed by atoms with Crippen molar-refractivity contribution < 1.29 is 18.0 Å². The van der Waals surface area contributed by atoms with E-state index >= 15 is 0 Å².